The van der Waals surface area contributed by atoms with Crippen molar-refractivity contribution < 1.29 is 18.8 Å². The lowest BCUT2D eigenvalue weighted by Gasteiger charge is -2.37. The molecule has 7 nitrogen and oxygen atoms in total. The minimum Gasteiger partial charge on any atom is -0.372 e. The van der Waals surface area contributed by atoms with Gasteiger partial charge in [0, 0.05) is 31.2 Å². The zero-order valence-electron chi connectivity index (χ0n) is 15.3. The number of hydroxylamine groups is 1. The quantitative estimate of drug-likeness (QED) is 0.787. The summed E-state index contributed by atoms with van der Waals surface area (Å²) >= 11 is 0. The average Bonchev–Trinajstić information content (AvgIpc) is 2.62. The Bertz CT molecular complexity index is 765. The van der Waals surface area contributed by atoms with E-state index in [1.807, 2.05) is 24.8 Å². The zero-order valence-corrected chi connectivity index (χ0v) is 15.3. The first kappa shape index (κ1) is 19.1. The molecule has 1 aromatic heterocycles. The van der Waals surface area contributed by atoms with Gasteiger partial charge in [-0.3, -0.25) is 9.82 Å². The number of amides is 2. The second kappa shape index (κ2) is 8.79. The van der Waals surface area contributed by atoms with Crippen molar-refractivity contribution in [2.75, 3.05) is 23.3 Å². The van der Waals surface area contributed by atoms with Crippen LogP contribution in [-0.2, 0) is 16.2 Å². The van der Waals surface area contributed by atoms with Gasteiger partial charge in [0.05, 0.1) is 17.9 Å². The van der Waals surface area contributed by atoms with Crippen LogP contribution < -0.4 is 15.7 Å². The summed E-state index contributed by atoms with van der Waals surface area (Å²) in [5.41, 5.74) is 3.92. The molecule has 2 amide bonds. The first-order valence-electron chi connectivity index (χ1n) is 8.79. The van der Waals surface area contributed by atoms with Gasteiger partial charge >= 0.3 is 6.03 Å². The van der Waals surface area contributed by atoms with Crippen molar-refractivity contribution in [2.24, 2.45) is 0 Å². The summed E-state index contributed by atoms with van der Waals surface area (Å²) in [7, 11) is 0. The summed E-state index contributed by atoms with van der Waals surface area (Å²) in [6, 6.07) is 7.63. The molecule has 1 saturated heterocycles. The van der Waals surface area contributed by atoms with Crippen LogP contribution in [0.4, 0.5) is 20.6 Å². The number of nitrogens with one attached hydrogen (secondary N) is 2. The molecule has 0 saturated carbocycles. The Morgan fingerprint density at radius 2 is 2.11 bits per heavy atom. The molecule has 2 N–H and O–H groups in total. The first-order valence-corrected chi connectivity index (χ1v) is 8.79. The summed E-state index contributed by atoms with van der Waals surface area (Å²) in [6.07, 6.45) is 3.36. The second-order valence-corrected chi connectivity index (χ2v) is 6.53. The van der Waals surface area contributed by atoms with Crippen LogP contribution in [0.25, 0.3) is 0 Å². The third-order valence-corrected chi connectivity index (χ3v) is 4.09. The maximum Gasteiger partial charge on any atom is 0.343 e. The van der Waals surface area contributed by atoms with E-state index >= 15 is 0 Å². The topological polar surface area (TPSA) is 75.7 Å². The Labute approximate surface area is 157 Å². The Balaban J connectivity index is 1.53. The van der Waals surface area contributed by atoms with Crippen LogP contribution in [0.2, 0.25) is 0 Å². The van der Waals surface area contributed by atoms with Gasteiger partial charge in [0.2, 0.25) is 0 Å². The number of benzene rings is 1. The number of morpholine rings is 1. The number of urea groups is 1. The van der Waals surface area contributed by atoms with Crippen LogP contribution in [0.1, 0.15) is 19.4 Å². The minimum absolute atomic E-state index is 0.0358. The molecule has 0 aliphatic carbocycles. The number of rotatable bonds is 5. The van der Waals surface area contributed by atoms with Crippen molar-refractivity contribution in [3.63, 3.8) is 0 Å². The number of nitrogens with zero attached hydrogens (tertiary/aromatic N) is 2. The number of pyridine rings is 1. The Morgan fingerprint density at radius 1 is 1.33 bits per heavy atom. The second-order valence-electron chi connectivity index (χ2n) is 6.53. The summed E-state index contributed by atoms with van der Waals surface area (Å²) in [5, 5.41) is 2.54. The lowest BCUT2D eigenvalue weighted by atomic mass is 10.2. The molecule has 0 bridgehead atoms. The molecule has 144 valence electrons. The van der Waals surface area contributed by atoms with Gasteiger partial charge in [-0.2, -0.15) is 0 Å². The van der Waals surface area contributed by atoms with E-state index in [1.54, 1.807) is 30.6 Å². The average molecular weight is 374 g/mol. The van der Waals surface area contributed by atoms with Gasteiger partial charge in [0.1, 0.15) is 12.4 Å². The highest BCUT2D eigenvalue weighted by atomic mass is 19.1. The fraction of sp³-hybridized carbons (Fsp3) is 0.368. The fourth-order valence-electron chi connectivity index (χ4n) is 3.04. The lowest BCUT2D eigenvalue weighted by Crippen LogP contribution is -2.45. The summed E-state index contributed by atoms with van der Waals surface area (Å²) in [6.45, 7) is 5.36. The van der Waals surface area contributed by atoms with Crippen molar-refractivity contribution in [3.05, 3.63) is 54.1 Å². The molecule has 2 atom stereocenters. The van der Waals surface area contributed by atoms with Gasteiger partial charge in [0.25, 0.3) is 0 Å². The molecule has 8 heteroatoms. The number of aromatic nitrogens is 1. The Kier molecular flexibility index (Phi) is 6.20. The normalized spacial score (nSPS) is 19.6. The minimum atomic E-state index is -0.584. The molecule has 0 spiro atoms. The van der Waals surface area contributed by atoms with Crippen molar-refractivity contribution in [2.45, 2.75) is 32.7 Å². The summed E-state index contributed by atoms with van der Waals surface area (Å²) in [4.78, 5) is 22.9. The molecular formula is C19H23FN4O3. The van der Waals surface area contributed by atoms with Crippen molar-refractivity contribution in [1.82, 2.24) is 10.5 Å². The Hall–Kier alpha value is -2.71. The van der Waals surface area contributed by atoms with Crippen LogP contribution in [0, 0.1) is 5.82 Å². The third kappa shape index (κ3) is 5.38. The summed E-state index contributed by atoms with van der Waals surface area (Å²) < 4.78 is 20.2. The third-order valence-electron chi connectivity index (χ3n) is 4.09. The van der Waals surface area contributed by atoms with Gasteiger partial charge < -0.3 is 15.0 Å². The van der Waals surface area contributed by atoms with Crippen LogP contribution in [-0.4, -0.2) is 36.3 Å². The zero-order chi connectivity index (χ0) is 19.2. The number of anilines is 2. The lowest BCUT2D eigenvalue weighted by molar-refractivity contribution is -0.00539. The van der Waals surface area contributed by atoms with E-state index < -0.39 is 11.8 Å². The van der Waals surface area contributed by atoms with E-state index in [4.69, 9.17) is 9.57 Å². The van der Waals surface area contributed by atoms with E-state index in [0.29, 0.717) is 24.5 Å². The van der Waals surface area contributed by atoms with Crippen molar-refractivity contribution in [3.8, 4) is 0 Å². The molecule has 1 aromatic carbocycles. The molecule has 27 heavy (non-hydrogen) atoms. The van der Waals surface area contributed by atoms with E-state index in [-0.39, 0.29) is 18.8 Å². The van der Waals surface area contributed by atoms with Gasteiger partial charge in [-0.25, -0.2) is 14.7 Å². The number of hydrogen-bond acceptors (Lipinski definition) is 5. The number of carbonyl (C=O) groups is 1. The molecule has 2 aromatic rings. The molecule has 0 radical (unpaired) electrons. The van der Waals surface area contributed by atoms with E-state index in [0.717, 1.165) is 5.56 Å². The Morgan fingerprint density at radius 3 is 2.78 bits per heavy atom. The summed E-state index contributed by atoms with van der Waals surface area (Å²) in [5.74, 6) is -0.398. The molecule has 1 aliphatic rings. The molecule has 1 fully saturated rings. The van der Waals surface area contributed by atoms with E-state index in [1.165, 1.54) is 6.07 Å². The molecule has 1 aliphatic heterocycles. The molecule has 0 unspecified atom stereocenters. The predicted molar refractivity (Wildman–Crippen MR) is 99.8 cm³/mol. The van der Waals surface area contributed by atoms with Crippen LogP contribution >= 0.6 is 0 Å². The molecule has 3 rings (SSSR count). The van der Waals surface area contributed by atoms with Crippen molar-refractivity contribution in [1.29, 1.82) is 0 Å². The van der Waals surface area contributed by atoms with E-state index in [2.05, 4.69) is 15.8 Å². The number of halogens is 1. The van der Waals surface area contributed by atoms with Gasteiger partial charge in [-0.1, -0.05) is 6.07 Å². The molecular weight excluding hydrogens is 351 g/mol. The van der Waals surface area contributed by atoms with Gasteiger partial charge in [0.15, 0.2) is 0 Å². The highest BCUT2D eigenvalue weighted by Gasteiger charge is 2.24. The number of carbonyl (C=O) groups excluding carboxylic acids is 1. The van der Waals surface area contributed by atoms with Crippen LogP contribution in [0.15, 0.2) is 42.7 Å². The first-order chi connectivity index (χ1) is 13.0. The smallest absolute Gasteiger partial charge is 0.343 e. The number of ether oxygens (including phenoxy) is 1. The van der Waals surface area contributed by atoms with Gasteiger partial charge in [-0.15, -0.1) is 0 Å². The maximum atomic E-state index is 14.5. The standard InChI is InChI=1S/C19H23FN4O3/c1-13-10-24(11-14(2)27-13)18-6-5-16(8-17(18)20)22-19(25)23-26-12-15-4-3-7-21-9-15/h3-9,13-14H,10-12H2,1-2H3,(H2,22,23,25)/t13-,14-/m1/s1. The highest BCUT2D eigenvalue weighted by Crippen LogP contribution is 2.26. The maximum absolute atomic E-state index is 14.5. The highest BCUT2D eigenvalue weighted by molar-refractivity contribution is 5.88. The monoisotopic (exact) mass is 374 g/mol. The number of hydrogen-bond donors (Lipinski definition) is 2. The van der Waals surface area contributed by atoms with Crippen molar-refractivity contribution >= 4 is 17.4 Å². The SMILES string of the molecule is C[C@@H]1CN(c2ccc(NC(=O)NOCc3cccnc3)cc2F)C[C@@H](C)O1. The largest absolute Gasteiger partial charge is 0.372 e. The van der Waals surface area contributed by atoms with Crippen LogP contribution in [0.3, 0.4) is 0 Å². The van der Waals surface area contributed by atoms with Crippen LogP contribution in [0.5, 0.6) is 0 Å². The predicted octanol–water partition coefficient (Wildman–Crippen LogP) is 3.09. The molecule has 2 heterocycles. The van der Waals surface area contributed by atoms with Gasteiger partial charge in [-0.05, 0) is 43.7 Å². The van der Waals surface area contributed by atoms with E-state index in [9.17, 15) is 9.18 Å². The fourth-order valence-corrected chi connectivity index (χ4v) is 3.04.